The maximum absolute atomic E-state index is 12.6. The molecule has 2 saturated heterocycles. The normalized spacial score (nSPS) is 22.9. The Kier molecular flexibility index (Phi) is 6.56. The van der Waals surface area contributed by atoms with Gasteiger partial charge < -0.3 is 15.1 Å². The highest BCUT2D eigenvalue weighted by Crippen LogP contribution is 2.34. The van der Waals surface area contributed by atoms with Crippen molar-refractivity contribution >= 4 is 6.03 Å². The van der Waals surface area contributed by atoms with Crippen molar-refractivity contribution < 1.29 is 18.0 Å². The molecule has 1 N–H and O–H groups in total. The van der Waals surface area contributed by atoms with Gasteiger partial charge in [0.2, 0.25) is 0 Å². The summed E-state index contributed by atoms with van der Waals surface area (Å²) in [6, 6.07) is -0.226. The van der Waals surface area contributed by atoms with E-state index in [4.69, 9.17) is 0 Å². The summed E-state index contributed by atoms with van der Waals surface area (Å²) in [4.78, 5) is 16.0. The number of rotatable bonds is 4. The van der Waals surface area contributed by atoms with Crippen molar-refractivity contribution in [1.82, 2.24) is 15.1 Å². The molecule has 0 saturated carbocycles. The lowest BCUT2D eigenvalue weighted by atomic mass is 9.96. The molecule has 4 nitrogen and oxygen atoms in total. The Morgan fingerprint density at radius 2 is 1.74 bits per heavy atom. The average molecular weight is 335 g/mol. The van der Waals surface area contributed by atoms with E-state index in [1.807, 2.05) is 0 Å². The fourth-order valence-corrected chi connectivity index (χ4v) is 3.43. The van der Waals surface area contributed by atoms with Gasteiger partial charge in [-0.15, -0.1) is 0 Å². The Morgan fingerprint density at radius 1 is 1.13 bits per heavy atom. The van der Waals surface area contributed by atoms with Crippen LogP contribution in [0.2, 0.25) is 0 Å². The molecule has 2 rings (SSSR count). The summed E-state index contributed by atoms with van der Waals surface area (Å²) in [5.41, 5.74) is 0. The minimum atomic E-state index is -4.13. The lowest BCUT2D eigenvalue weighted by Crippen LogP contribution is -2.48. The fourth-order valence-electron chi connectivity index (χ4n) is 3.43. The largest absolute Gasteiger partial charge is 0.391 e. The molecule has 134 valence electrons. The number of carbonyl (C=O) groups is 1. The van der Waals surface area contributed by atoms with Gasteiger partial charge in [-0.3, -0.25) is 0 Å². The number of hydrogen-bond acceptors (Lipinski definition) is 2. The molecule has 0 bridgehead atoms. The van der Waals surface area contributed by atoms with E-state index in [0.29, 0.717) is 12.5 Å². The van der Waals surface area contributed by atoms with Crippen LogP contribution in [0.3, 0.4) is 0 Å². The third-order valence-corrected chi connectivity index (χ3v) is 4.87. The smallest absolute Gasteiger partial charge is 0.338 e. The third kappa shape index (κ3) is 5.86. The summed E-state index contributed by atoms with van der Waals surface area (Å²) in [5.74, 6) is -0.908. The molecular formula is C16H28F3N3O. The van der Waals surface area contributed by atoms with Crippen molar-refractivity contribution in [2.45, 2.75) is 45.2 Å². The van der Waals surface area contributed by atoms with Crippen LogP contribution in [0.5, 0.6) is 0 Å². The summed E-state index contributed by atoms with van der Waals surface area (Å²) in [6.07, 6.45) is -0.317. The zero-order valence-electron chi connectivity index (χ0n) is 13.9. The Bertz CT molecular complexity index is 375. The molecule has 0 radical (unpaired) electrons. The monoisotopic (exact) mass is 335 g/mol. The number of urea groups is 1. The van der Waals surface area contributed by atoms with Crippen LogP contribution in [-0.4, -0.2) is 61.3 Å². The van der Waals surface area contributed by atoms with Gasteiger partial charge in [-0.2, -0.15) is 13.2 Å². The molecule has 2 heterocycles. The molecule has 1 atom stereocenters. The van der Waals surface area contributed by atoms with E-state index >= 15 is 0 Å². The topological polar surface area (TPSA) is 35.6 Å². The number of halogens is 3. The van der Waals surface area contributed by atoms with E-state index in [2.05, 4.69) is 17.1 Å². The molecule has 2 aliphatic rings. The van der Waals surface area contributed by atoms with Gasteiger partial charge in [-0.05, 0) is 44.7 Å². The lowest BCUT2D eigenvalue weighted by molar-refractivity contribution is -0.183. The SMILES string of the molecule is C[C@@H](CNC(=O)N1CCC(C(F)(F)F)CC1)CN1CCCCC1. The number of nitrogens with zero attached hydrogens (tertiary/aromatic N) is 2. The van der Waals surface area contributed by atoms with Crippen LogP contribution in [0, 0.1) is 11.8 Å². The first-order chi connectivity index (χ1) is 10.9. The average Bonchev–Trinajstić information content (AvgIpc) is 2.53. The number of piperidine rings is 2. The van der Waals surface area contributed by atoms with Crippen LogP contribution in [0.1, 0.15) is 39.0 Å². The molecular weight excluding hydrogens is 307 g/mol. The quantitative estimate of drug-likeness (QED) is 0.857. The highest BCUT2D eigenvalue weighted by molar-refractivity contribution is 5.74. The minimum Gasteiger partial charge on any atom is -0.338 e. The second-order valence-corrected chi connectivity index (χ2v) is 6.96. The van der Waals surface area contributed by atoms with Crippen molar-refractivity contribution in [2.75, 3.05) is 39.3 Å². The van der Waals surface area contributed by atoms with Gasteiger partial charge in [0.25, 0.3) is 0 Å². The van der Waals surface area contributed by atoms with E-state index in [0.717, 1.165) is 19.6 Å². The van der Waals surface area contributed by atoms with E-state index in [-0.39, 0.29) is 32.0 Å². The number of hydrogen-bond donors (Lipinski definition) is 1. The number of likely N-dealkylation sites (tertiary alicyclic amines) is 2. The number of carbonyl (C=O) groups excluding carboxylic acids is 1. The molecule has 0 aromatic carbocycles. The van der Waals surface area contributed by atoms with Gasteiger partial charge in [-0.25, -0.2) is 4.79 Å². The molecule has 0 aromatic heterocycles. The molecule has 0 unspecified atom stereocenters. The maximum atomic E-state index is 12.6. The Hall–Kier alpha value is -0.980. The molecule has 2 aliphatic heterocycles. The van der Waals surface area contributed by atoms with Crippen LogP contribution in [0.4, 0.5) is 18.0 Å². The van der Waals surface area contributed by atoms with Crippen molar-refractivity contribution in [2.24, 2.45) is 11.8 Å². The zero-order valence-corrected chi connectivity index (χ0v) is 13.9. The summed E-state index contributed by atoms with van der Waals surface area (Å²) < 4.78 is 37.9. The molecule has 23 heavy (non-hydrogen) atoms. The standard InChI is InChI=1S/C16H28F3N3O/c1-13(12-21-7-3-2-4-8-21)11-20-15(23)22-9-5-14(6-10-22)16(17,18)19/h13-14H,2-12H2,1H3,(H,20,23)/t13-/m0/s1. The van der Waals surface area contributed by atoms with Gasteiger partial charge in [0.05, 0.1) is 5.92 Å². The van der Waals surface area contributed by atoms with Gasteiger partial charge in [0.1, 0.15) is 0 Å². The van der Waals surface area contributed by atoms with Crippen LogP contribution in [-0.2, 0) is 0 Å². The van der Waals surface area contributed by atoms with Crippen LogP contribution >= 0.6 is 0 Å². The predicted octanol–water partition coefficient (Wildman–Crippen LogP) is 3.09. The van der Waals surface area contributed by atoms with Gasteiger partial charge in [0, 0.05) is 26.2 Å². The van der Waals surface area contributed by atoms with Crippen molar-refractivity contribution in [1.29, 1.82) is 0 Å². The van der Waals surface area contributed by atoms with E-state index < -0.39 is 12.1 Å². The number of alkyl halides is 3. The van der Waals surface area contributed by atoms with Gasteiger partial charge in [-0.1, -0.05) is 13.3 Å². The lowest BCUT2D eigenvalue weighted by Gasteiger charge is -2.33. The second kappa shape index (κ2) is 8.22. The second-order valence-electron chi connectivity index (χ2n) is 6.96. The summed E-state index contributed by atoms with van der Waals surface area (Å²) >= 11 is 0. The van der Waals surface area contributed by atoms with Crippen molar-refractivity contribution in [3.63, 3.8) is 0 Å². The zero-order chi connectivity index (χ0) is 16.9. The summed E-state index contributed by atoms with van der Waals surface area (Å²) in [5, 5.41) is 2.87. The van der Waals surface area contributed by atoms with Gasteiger partial charge in [0.15, 0.2) is 0 Å². The molecule has 0 spiro atoms. The first-order valence-electron chi connectivity index (χ1n) is 8.68. The summed E-state index contributed by atoms with van der Waals surface area (Å²) in [7, 11) is 0. The number of nitrogens with one attached hydrogen (secondary N) is 1. The minimum absolute atomic E-state index is 0.0141. The first kappa shape index (κ1) is 18.4. The van der Waals surface area contributed by atoms with Crippen LogP contribution < -0.4 is 5.32 Å². The fraction of sp³-hybridized carbons (Fsp3) is 0.938. The molecule has 7 heteroatoms. The highest BCUT2D eigenvalue weighted by atomic mass is 19.4. The molecule has 2 amide bonds. The van der Waals surface area contributed by atoms with Crippen LogP contribution in [0.25, 0.3) is 0 Å². The number of amides is 2. The first-order valence-corrected chi connectivity index (χ1v) is 8.68. The predicted molar refractivity (Wildman–Crippen MR) is 83.2 cm³/mol. The molecule has 2 fully saturated rings. The maximum Gasteiger partial charge on any atom is 0.391 e. The van der Waals surface area contributed by atoms with Crippen molar-refractivity contribution in [3.8, 4) is 0 Å². The Balaban J connectivity index is 1.65. The Morgan fingerprint density at radius 3 is 2.30 bits per heavy atom. The highest BCUT2D eigenvalue weighted by Gasteiger charge is 2.41. The molecule has 0 aliphatic carbocycles. The van der Waals surface area contributed by atoms with E-state index in [1.54, 1.807) is 0 Å². The summed E-state index contributed by atoms with van der Waals surface area (Å²) in [6.45, 7) is 6.29. The van der Waals surface area contributed by atoms with E-state index in [1.165, 1.54) is 24.2 Å². The van der Waals surface area contributed by atoms with Gasteiger partial charge >= 0.3 is 12.2 Å². The Labute approximate surface area is 136 Å². The van der Waals surface area contributed by atoms with Crippen molar-refractivity contribution in [3.05, 3.63) is 0 Å². The van der Waals surface area contributed by atoms with Crippen LogP contribution in [0.15, 0.2) is 0 Å². The van der Waals surface area contributed by atoms with E-state index in [9.17, 15) is 18.0 Å². The third-order valence-electron chi connectivity index (χ3n) is 4.87. The molecule has 0 aromatic rings.